The first-order valence-corrected chi connectivity index (χ1v) is 5.16. The first-order valence-electron chi connectivity index (χ1n) is 5.16. The molecule has 0 saturated heterocycles. The highest BCUT2D eigenvalue weighted by Gasteiger charge is 2.33. The molecule has 0 heterocycles. The Morgan fingerprint density at radius 1 is 1.08 bits per heavy atom. The molecule has 2 fully saturated rings. The Morgan fingerprint density at radius 3 is 2.67 bits per heavy atom. The van der Waals surface area contributed by atoms with Crippen LogP contribution in [0.5, 0.6) is 0 Å². The summed E-state index contributed by atoms with van der Waals surface area (Å²) in [5.41, 5.74) is 1.13. The van der Waals surface area contributed by atoms with Crippen molar-refractivity contribution in [1.29, 1.82) is 0 Å². The van der Waals surface area contributed by atoms with Gasteiger partial charge in [-0.2, -0.15) is 0 Å². The maximum absolute atomic E-state index is 9.62. The molecule has 1 heteroatoms. The lowest BCUT2D eigenvalue weighted by atomic mass is 9.68. The first kappa shape index (κ1) is 8.31. The second-order valence-electron chi connectivity index (χ2n) is 4.32. The number of aliphatic hydroxyl groups is 1. The molecule has 2 aliphatic rings. The summed E-state index contributed by atoms with van der Waals surface area (Å²) in [6, 6.07) is 0. The van der Waals surface area contributed by atoms with Crippen LogP contribution in [0.15, 0.2) is 12.2 Å². The standard InChI is InChI=1S/C11H18O/c1-8-10-5-3-2-4-9(10)6-7-11(8)12/h9-12H,1-7H2. The zero-order valence-electron chi connectivity index (χ0n) is 7.63. The monoisotopic (exact) mass is 166 g/mol. The lowest BCUT2D eigenvalue weighted by molar-refractivity contribution is 0.109. The minimum atomic E-state index is -0.190. The van der Waals surface area contributed by atoms with Crippen LogP contribution in [0.4, 0.5) is 0 Å². The highest BCUT2D eigenvalue weighted by atomic mass is 16.3. The van der Waals surface area contributed by atoms with Crippen LogP contribution in [-0.4, -0.2) is 11.2 Å². The molecule has 3 atom stereocenters. The molecule has 2 aliphatic carbocycles. The zero-order valence-corrected chi connectivity index (χ0v) is 7.63. The van der Waals surface area contributed by atoms with Gasteiger partial charge in [-0.3, -0.25) is 0 Å². The maximum atomic E-state index is 9.62. The van der Waals surface area contributed by atoms with Crippen molar-refractivity contribution in [3.63, 3.8) is 0 Å². The van der Waals surface area contributed by atoms with Crippen LogP contribution in [-0.2, 0) is 0 Å². The third kappa shape index (κ3) is 1.31. The molecule has 2 saturated carbocycles. The van der Waals surface area contributed by atoms with Crippen molar-refractivity contribution in [3.8, 4) is 0 Å². The van der Waals surface area contributed by atoms with Crippen molar-refractivity contribution in [3.05, 3.63) is 12.2 Å². The molecule has 1 nitrogen and oxygen atoms in total. The Balaban J connectivity index is 2.08. The number of rotatable bonds is 0. The molecule has 0 radical (unpaired) electrons. The minimum absolute atomic E-state index is 0.190. The van der Waals surface area contributed by atoms with Crippen molar-refractivity contribution in [2.24, 2.45) is 11.8 Å². The largest absolute Gasteiger partial charge is 0.389 e. The van der Waals surface area contributed by atoms with E-state index < -0.39 is 0 Å². The first-order chi connectivity index (χ1) is 5.79. The van der Waals surface area contributed by atoms with Crippen LogP contribution >= 0.6 is 0 Å². The van der Waals surface area contributed by atoms with Gasteiger partial charge in [-0.05, 0) is 43.1 Å². The Hall–Kier alpha value is -0.300. The second kappa shape index (κ2) is 3.21. The molecule has 68 valence electrons. The summed E-state index contributed by atoms with van der Waals surface area (Å²) in [6.07, 6.45) is 7.38. The molecule has 0 aliphatic heterocycles. The van der Waals surface area contributed by atoms with Crippen LogP contribution in [0.3, 0.4) is 0 Å². The summed E-state index contributed by atoms with van der Waals surface area (Å²) in [7, 11) is 0. The summed E-state index contributed by atoms with van der Waals surface area (Å²) in [5.74, 6) is 1.51. The van der Waals surface area contributed by atoms with Crippen LogP contribution < -0.4 is 0 Å². The van der Waals surface area contributed by atoms with E-state index in [0.717, 1.165) is 17.9 Å². The molecule has 0 spiro atoms. The van der Waals surface area contributed by atoms with Gasteiger partial charge in [0, 0.05) is 0 Å². The van der Waals surface area contributed by atoms with E-state index in [2.05, 4.69) is 6.58 Å². The van der Waals surface area contributed by atoms with Crippen molar-refractivity contribution >= 4 is 0 Å². The van der Waals surface area contributed by atoms with Gasteiger partial charge in [0.05, 0.1) is 6.10 Å². The lowest BCUT2D eigenvalue weighted by Crippen LogP contribution is -2.32. The third-order valence-corrected chi connectivity index (χ3v) is 3.62. The van der Waals surface area contributed by atoms with Gasteiger partial charge in [0.25, 0.3) is 0 Å². The predicted molar refractivity (Wildman–Crippen MR) is 49.8 cm³/mol. The van der Waals surface area contributed by atoms with Gasteiger partial charge in [0.15, 0.2) is 0 Å². The molecule has 0 aromatic rings. The van der Waals surface area contributed by atoms with Crippen LogP contribution in [0.1, 0.15) is 38.5 Å². The average molecular weight is 166 g/mol. The van der Waals surface area contributed by atoms with Crippen LogP contribution in [0, 0.1) is 11.8 Å². The smallest absolute Gasteiger partial charge is 0.0750 e. The molecule has 0 amide bonds. The van der Waals surface area contributed by atoms with E-state index in [4.69, 9.17) is 0 Å². The Morgan fingerprint density at radius 2 is 1.83 bits per heavy atom. The van der Waals surface area contributed by atoms with Crippen molar-refractivity contribution in [2.45, 2.75) is 44.6 Å². The minimum Gasteiger partial charge on any atom is -0.389 e. The number of hydrogen-bond donors (Lipinski definition) is 1. The molecule has 1 N–H and O–H groups in total. The van der Waals surface area contributed by atoms with Crippen molar-refractivity contribution in [2.75, 3.05) is 0 Å². The van der Waals surface area contributed by atoms with E-state index in [1.807, 2.05) is 0 Å². The van der Waals surface area contributed by atoms with Gasteiger partial charge in [0.1, 0.15) is 0 Å². The maximum Gasteiger partial charge on any atom is 0.0750 e. The summed E-state index contributed by atoms with van der Waals surface area (Å²) in [4.78, 5) is 0. The van der Waals surface area contributed by atoms with Crippen LogP contribution in [0.25, 0.3) is 0 Å². The van der Waals surface area contributed by atoms with E-state index in [1.54, 1.807) is 0 Å². The second-order valence-corrected chi connectivity index (χ2v) is 4.32. The van der Waals surface area contributed by atoms with E-state index >= 15 is 0 Å². The highest BCUT2D eigenvalue weighted by molar-refractivity contribution is 5.12. The van der Waals surface area contributed by atoms with Gasteiger partial charge in [0.2, 0.25) is 0 Å². The SMILES string of the molecule is C=C1C(O)CCC2CCCCC12. The lowest BCUT2D eigenvalue weighted by Gasteiger charge is -2.39. The Bertz CT molecular complexity index is 185. The molecule has 2 rings (SSSR count). The number of hydrogen-bond acceptors (Lipinski definition) is 1. The molecule has 0 bridgehead atoms. The van der Waals surface area contributed by atoms with Gasteiger partial charge in [-0.25, -0.2) is 0 Å². The molecular formula is C11H18O. The summed E-state index contributed by atoms with van der Waals surface area (Å²) in [6.45, 7) is 4.03. The van der Waals surface area contributed by atoms with E-state index in [-0.39, 0.29) is 6.10 Å². The topological polar surface area (TPSA) is 20.2 Å². The van der Waals surface area contributed by atoms with Crippen molar-refractivity contribution in [1.82, 2.24) is 0 Å². The summed E-state index contributed by atoms with van der Waals surface area (Å²) < 4.78 is 0. The predicted octanol–water partition coefficient (Wildman–Crippen LogP) is 2.50. The zero-order chi connectivity index (χ0) is 8.55. The summed E-state index contributed by atoms with van der Waals surface area (Å²) >= 11 is 0. The summed E-state index contributed by atoms with van der Waals surface area (Å²) in [5, 5.41) is 9.62. The van der Waals surface area contributed by atoms with E-state index in [1.165, 1.54) is 32.1 Å². The fourth-order valence-electron chi connectivity index (χ4n) is 2.85. The third-order valence-electron chi connectivity index (χ3n) is 3.62. The molecular weight excluding hydrogens is 148 g/mol. The van der Waals surface area contributed by atoms with E-state index in [9.17, 15) is 5.11 Å². The van der Waals surface area contributed by atoms with Gasteiger partial charge in [-0.1, -0.05) is 19.4 Å². The fourth-order valence-corrected chi connectivity index (χ4v) is 2.85. The highest BCUT2D eigenvalue weighted by Crippen LogP contribution is 2.42. The quantitative estimate of drug-likeness (QED) is 0.548. The van der Waals surface area contributed by atoms with Gasteiger partial charge in [-0.15, -0.1) is 0 Å². The van der Waals surface area contributed by atoms with Crippen molar-refractivity contribution < 1.29 is 5.11 Å². The van der Waals surface area contributed by atoms with E-state index in [0.29, 0.717) is 5.92 Å². The van der Waals surface area contributed by atoms with Crippen LogP contribution in [0.2, 0.25) is 0 Å². The fraction of sp³-hybridized carbons (Fsp3) is 0.818. The Labute approximate surface area is 74.5 Å². The average Bonchev–Trinajstić information content (AvgIpc) is 2.12. The number of aliphatic hydroxyl groups excluding tert-OH is 1. The normalized spacial score (nSPS) is 42.4. The molecule has 0 aromatic carbocycles. The Kier molecular flexibility index (Phi) is 2.22. The van der Waals surface area contributed by atoms with Gasteiger partial charge >= 0.3 is 0 Å². The van der Waals surface area contributed by atoms with Gasteiger partial charge < -0.3 is 5.11 Å². The molecule has 3 unspecified atom stereocenters. The molecule has 12 heavy (non-hydrogen) atoms. The number of fused-ring (bicyclic) bond motifs is 1. The molecule has 0 aromatic heterocycles.